The van der Waals surface area contributed by atoms with Crippen LogP contribution in [0.15, 0.2) is 133 Å². The van der Waals surface area contributed by atoms with Crippen LogP contribution in [0.2, 0.25) is 0 Å². The molecule has 0 saturated carbocycles. The van der Waals surface area contributed by atoms with E-state index in [4.69, 9.17) is 0 Å². The smallest absolute Gasteiger partial charge is 0.194 e. The largest absolute Gasteiger partial charge is 0.310 e. The van der Waals surface area contributed by atoms with Crippen LogP contribution in [0.5, 0.6) is 0 Å². The second-order valence-corrected chi connectivity index (χ2v) is 11.8. The normalized spacial score (nSPS) is 12.3. The highest BCUT2D eigenvalue weighted by molar-refractivity contribution is 6.27. The fourth-order valence-corrected chi connectivity index (χ4v) is 6.03. The van der Waals surface area contributed by atoms with Crippen molar-refractivity contribution in [1.29, 1.82) is 0 Å². The first-order valence-corrected chi connectivity index (χ1v) is 14.2. The molecule has 0 N–H and O–H groups in total. The van der Waals surface area contributed by atoms with Crippen molar-refractivity contribution in [1.82, 2.24) is 0 Å². The number of carbonyl (C=O) groups is 1. The molecule has 6 aromatic carbocycles. The van der Waals surface area contributed by atoms with Gasteiger partial charge in [0.25, 0.3) is 0 Å². The van der Waals surface area contributed by atoms with Crippen molar-refractivity contribution in [3.63, 3.8) is 0 Å². The van der Waals surface area contributed by atoms with E-state index in [0.29, 0.717) is 0 Å². The Balaban J connectivity index is 1.44. The van der Waals surface area contributed by atoms with Gasteiger partial charge >= 0.3 is 0 Å². The van der Waals surface area contributed by atoms with Crippen molar-refractivity contribution in [2.45, 2.75) is 26.2 Å². The predicted octanol–water partition coefficient (Wildman–Crippen LogP) is 10.5. The van der Waals surface area contributed by atoms with Crippen LogP contribution in [0, 0.1) is 0 Å². The van der Waals surface area contributed by atoms with E-state index in [1.807, 2.05) is 36.4 Å². The summed E-state index contributed by atoms with van der Waals surface area (Å²) in [6.45, 7) is 6.72. The average molecular weight is 530 g/mol. The zero-order chi connectivity index (χ0) is 28.1. The summed E-state index contributed by atoms with van der Waals surface area (Å²) < 4.78 is 0. The fourth-order valence-electron chi connectivity index (χ4n) is 6.03. The van der Waals surface area contributed by atoms with Gasteiger partial charge in [-0.25, -0.2) is 0 Å². The molecule has 2 heteroatoms. The Labute approximate surface area is 241 Å². The third-order valence-electron chi connectivity index (χ3n) is 8.19. The van der Waals surface area contributed by atoms with Gasteiger partial charge < -0.3 is 4.90 Å². The molecular weight excluding hydrogens is 498 g/mol. The maximum absolute atomic E-state index is 13.6. The van der Waals surface area contributed by atoms with Crippen LogP contribution >= 0.6 is 0 Å². The summed E-state index contributed by atoms with van der Waals surface area (Å²) in [5, 5.41) is 2.08. The number of hydrogen-bond donors (Lipinski definition) is 0. The molecule has 0 fully saturated rings. The zero-order valence-corrected chi connectivity index (χ0v) is 23.6. The lowest BCUT2D eigenvalue weighted by Crippen LogP contribution is -2.14. The summed E-state index contributed by atoms with van der Waals surface area (Å²) >= 11 is 0. The minimum Gasteiger partial charge on any atom is -0.310 e. The number of hydrogen-bond acceptors (Lipinski definition) is 2. The van der Waals surface area contributed by atoms with Crippen LogP contribution in [0.3, 0.4) is 0 Å². The van der Waals surface area contributed by atoms with Crippen LogP contribution in [0.4, 0.5) is 17.1 Å². The number of benzene rings is 6. The Morgan fingerprint density at radius 2 is 1.07 bits per heavy atom. The van der Waals surface area contributed by atoms with E-state index >= 15 is 0 Å². The molecular formula is C39H31NO. The van der Waals surface area contributed by atoms with Gasteiger partial charge in [-0.2, -0.15) is 0 Å². The molecule has 198 valence electrons. The van der Waals surface area contributed by atoms with Crippen LogP contribution in [-0.2, 0) is 5.41 Å². The van der Waals surface area contributed by atoms with E-state index in [2.05, 4.69) is 123 Å². The highest BCUT2D eigenvalue weighted by atomic mass is 16.1. The molecule has 6 aromatic rings. The molecule has 0 amide bonds. The van der Waals surface area contributed by atoms with Gasteiger partial charge in [-0.15, -0.1) is 0 Å². The summed E-state index contributed by atoms with van der Waals surface area (Å²) in [7, 11) is 0. The third-order valence-corrected chi connectivity index (χ3v) is 8.19. The Morgan fingerprint density at radius 3 is 1.76 bits per heavy atom. The summed E-state index contributed by atoms with van der Waals surface area (Å²) in [4.78, 5) is 15.9. The minimum absolute atomic E-state index is 0.0642. The lowest BCUT2D eigenvalue weighted by Gasteiger charge is -2.30. The van der Waals surface area contributed by atoms with E-state index in [9.17, 15) is 4.79 Å². The van der Waals surface area contributed by atoms with Crippen LogP contribution in [-0.4, -0.2) is 5.78 Å². The van der Waals surface area contributed by atoms with E-state index in [1.54, 1.807) is 0 Å². The predicted molar refractivity (Wildman–Crippen MR) is 172 cm³/mol. The van der Waals surface area contributed by atoms with E-state index in [-0.39, 0.29) is 11.2 Å². The van der Waals surface area contributed by atoms with Gasteiger partial charge in [-0.05, 0) is 63.6 Å². The van der Waals surface area contributed by atoms with Gasteiger partial charge in [0, 0.05) is 33.3 Å². The Kier molecular flexibility index (Phi) is 5.87. The number of ketones is 1. The Morgan fingerprint density at radius 1 is 0.488 bits per heavy atom. The lowest BCUT2D eigenvalue weighted by molar-refractivity contribution is 0.104. The van der Waals surface area contributed by atoms with Crippen molar-refractivity contribution in [2.24, 2.45) is 0 Å². The summed E-state index contributed by atoms with van der Waals surface area (Å²) in [5.74, 6) is 0.0872. The standard InChI is InChI=1S/C39H31NO/c1-39(2,3)28-18-22-30(23-19-28)40(29-20-16-27(17-21-29)26-10-5-4-6-11-26)36-25-24-32-31-12-7-8-13-33(31)38(41)35-15-9-14-34(36)37(32)35/h4-25H,1-3H3. The highest BCUT2D eigenvalue weighted by Gasteiger charge is 2.27. The molecule has 0 bridgehead atoms. The van der Waals surface area contributed by atoms with Crippen LogP contribution < -0.4 is 4.90 Å². The maximum Gasteiger partial charge on any atom is 0.194 e. The van der Waals surface area contributed by atoms with Gasteiger partial charge in [-0.3, -0.25) is 4.79 Å². The number of nitrogens with zero attached hydrogens (tertiary/aromatic N) is 1. The molecule has 0 atom stereocenters. The topological polar surface area (TPSA) is 20.3 Å². The molecule has 0 aliphatic heterocycles. The Bertz CT molecular complexity index is 1910. The molecule has 0 aromatic heterocycles. The Hall–Kier alpha value is -4.95. The molecule has 0 spiro atoms. The first-order chi connectivity index (χ1) is 19.9. The van der Waals surface area contributed by atoms with E-state index in [1.165, 1.54) is 16.7 Å². The third kappa shape index (κ3) is 4.24. The van der Waals surface area contributed by atoms with Crippen LogP contribution in [0.25, 0.3) is 33.0 Å². The molecule has 7 rings (SSSR count). The molecule has 1 aliphatic carbocycles. The SMILES string of the molecule is CC(C)(C)c1ccc(N(c2ccc(-c3ccccc3)cc2)c2ccc3c4c(cccc24)C(=O)c2ccccc2-3)cc1. The first kappa shape index (κ1) is 25.0. The fraction of sp³-hybridized carbons (Fsp3) is 0.103. The lowest BCUT2D eigenvalue weighted by atomic mass is 9.82. The molecule has 0 saturated heterocycles. The second-order valence-electron chi connectivity index (χ2n) is 11.8. The molecule has 0 unspecified atom stereocenters. The van der Waals surface area contributed by atoms with E-state index in [0.717, 1.165) is 50.1 Å². The summed E-state index contributed by atoms with van der Waals surface area (Å²) in [6, 6.07) is 46.5. The van der Waals surface area contributed by atoms with Crippen molar-refractivity contribution in [2.75, 3.05) is 4.90 Å². The number of fused-ring (bicyclic) bond motifs is 2. The molecule has 2 nitrogen and oxygen atoms in total. The molecule has 0 heterocycles. The van der Waals surface area contributed by atoms with Gasteiger partial charge in [0.05, 0.1) is 5.69 Å². The van der Waals surface area contributed by atoms with Gasteiger partial charge in [0.1, 0.15) is 0 Å². The number of carbonyl (C=O) groups excluding carboxylic acids is 1. The van der Waals surface area contributed by atoms with Gasteiger partial charge in [0.15, 0.2) is 5.78 Å². The minimum atomic E-state index is 0.0642. The van der Waals surface area contributed by atoms with Gasteiger partial charge in [-0.1, -0.05) is 124 Å². The maximum atomic E-state index is 13.6. The van der Waals surface area contributed by atoms with Crippen molar-refractivity contribution >= 4 is 33.6 Å². The van der Waals surface area contributed by atoms with Crippen molar-refractivity contribution < 1.29 is 4.79 Å². The van der Waals surface area contributed by atoms with E-state index < -0.39 is 0 Å². The van der Waals surface area contributed by atoms with Gasteiger partial charge in [0.2, 0.25) is 0 Å². The first-order valence-electron chi connectivity index (χ1n) is 14.2. The quantitative estimate of drug-likeness (QED) is 0.226. The second kappa shape index (κ2) is 9.60. The average Bonchev–Trinajstić information content (AvgIpc) is 3.01. The molecule has 41 heavy (non-hydrogen) atoms. The molecule has 1 aliphatic rings. The monoisotopic (exact) mass is 529 g/mol. The van der Waals surface area contributed by atoms with Crippen LogP contribution in [0.1, 0.15) is 42.3 Å². The van der Waals surface area contributed by atoms with Crippen molar-refractivity contribution in [3.8, 4) is 22.3 Å². The zero-order valence-electron chi connectivity index (χ0n) is 23.6. The van der Waals surface area contributed by atoms with Crippen molar-refractivity contribution in [3.05, 3.63) is 150 Å². The summed E-state index contributed by atoms with van der Waals surface area (Å²) in [6.07, 6.45) is 0. The number of rotatable bonds is 4. The summed E-state index contributed by atoms with van der Waals surface area (Å²) in [5.41, 5.74) is 10.6. The number of anilines is 3. The highest BCUT2D eigenvalue weighted by Crippen LogP contribution is 2.46. The molecule has 0 radical (unpaired) electrons.